The molecule has 0 amide bonds. The second kappa shape index (κ2) is 16.0. The molecule has 0 aromatic carbocycles. The number of hydrogen-bond donors (Lipinski definition) is 3. The van der Waals surface area contributed by atoms with Gasteiger partial charge in [0.2, 0.25) is 0 Å². The number of aliphatic hydroxyl groups is 1. The van der Waals surface area contributed by atoms with Crippen molar-refractivity contribution in [3.05, 3.63) is 12.2 Å². The van der Waals surface area contributed by atoms with Gasteiger partial charge >= 0.3 is 6.72 Å². The Morgan fingerprint density at radius 2 is 1.36 bits per heavy atom. The molecule has 0 radical (unpaired) electrons. The third kappa shape index (κ3) is 17.1. The van der Waals surface area contributed by atoms with Crippen LogP contribution in [0.1, 0.15) is 84.0 Å². The molecule has 5 nitrogen and oxygen atoms in total. The minimum atomic E-state index is -3.70. The van der Waals surface area contributed by atoms with Crippen molar-refractivity contribution in [3.8, 4) is 0 Å². The van der Waals surface area contributed by atoms with Gasteiger partial charge in [0.25, 0.3) is 0 Å². The summed E-state index contributed by atoms with van der Waals surface area (Å²) in [6.07, 6.45) is 18.7. The molecule has 0 aliphatic carbocycles. The van der Waals surface area contributed by atoms with E-state index >= 15 is 0 Å². The van der Waals surface area contributed by atoms with E-state index in [9.17, 15) is 14.9 Å². The number of rotatable bonds is 18. The zero-order valence-electron chi connectivity index (χ0n) is 18.6. The van der Waals surface area contributed by atoms with Gasteiger partial charge in [-0.1, -0.05) is 83.3 Å². The molecule has 28 heavy (non-hydrogen) atoms. The lowest BCUT2D eigenvalue weighted by atomic mass is 10.0. The van der Waals surface area contributed by atoms with Gasteiger partial charge in [0.1, 0.15) is 18.8 Å². The number of aliphatic hydroxyl groups excluding tert-OH is 1. The zero-order valence-corrected chi connectivity index (χ0v) is 20.3. The molecule has 0 rings (SSSR count). The van der Waals surface area contributed by atoms with Gasteiger partial charge in [0, 0.05) is 0 Å². The molecule has 0 aliphatic rings. The summed E-state index contributed by atoms with van der Waals surface area (Å²) in [6.45, 7) is -1.43. The van der Waals surface area contributed by atoms with Crippen LogP contribution in [0.2, 0.25) is 0 Å². The summed E-state index contributed by atoms with van der Waals surface area (Å²) in [4.78, 5) is 18.5. The largest absolute Gasteiger partial charge is 0.383 e. The van der Waals surface area contributed by atoms with Crippen molar-refractivity contribution in [2.24, 2.45) is 0 Å². The van der Waals surface area contributed by atoms with Crippen LogP contribution in [-0.2, 0) is 16.3 Å². The lowest BCUT2D eigenvalue weighted by molar-refractivity contribution is -0.899. The van der Waals surface area contributed by atoms with E-state index in [1.54, 1.807) is 6.08 Å². The fraction of sp³-hybridized carbons (Fsp3) is 0.905. The first-order valence-electron chi connectivity index (χ1n) is 10.9. The Bertz CT molecular complexity index is 448. The summed E-state index contributed by atoms with van der Waals surface area (Å²) in [5, 5.41) is 10.5. The summed E-state index contributed by atoms with van der Waals surface area (Å²) in [5.74, 6) is 0. The van der Waals surface area contributed by atoms with Gasteiger partial charge in [0.05, 0.1) is 21.1 Å². The maximum absolute atomic E-state index is 10.5. The molecule has 0 bridgehead atoms. The van der Waals surface area contributed by atoms with E-state index in [-0.39, 0.29) is 12.6 Å². The predicted octanol–water partition coefficient (Wildman–Crippen LogP) is 4.91. The maximum Gasteiger partial charge on any atom is 0.322 e. The summed E-state index contributed by atoms with van der Waals surface area (Å²) >= 11 is 4.50. The molecule has 0 fully saturated rings. The van der Waals surface area contributed by atoms with Crippen LogP contribution in [0.4, 0.5) is 0 Å². The first-order chi connectivity index (χ1) is 13.1. The highest BCUT2D eigenvalue weighted by atomic mass is 32.5. The van der Waals surface area contributed by atoms with E-state index in [0.717, 1.165) is 12.8 Å². The molecular formula is C21H45NO4PS+. The van der Waals surface area contributed by atoms with Crippen LogP contribution in [0, 0.1) is 0 Å². The van der Waals surface area contributed by atoms with E-state index < -0.39 is 12.8 Å². The normalized spacial score (nSPS) is 15.2. The van der Waals surface area contributed by atoms with E-state index in [0.29, 0.717) is 4.48 Å². The molecule has 7 heteroatoms. The molecule has 0 saturated carbocycles. The average molecular weight is 439 g/mol. The van der Waals surface area contributed by atoms with E-state index in [4.69, 9.17) is 4.52 Å². The summed E-state index contributed by atoms with van der Waals surface area (Å²) in [7, 11) is 5.81. The topological polar surface area (TPSA) is 69.9 Å². The molecule has 168 valence electrons. The van der Waals surface area contributed by atoms with Crippen molar-refractivity contribution in [1.29, 1.82) is 0 Å². The van der Waals surface area contributed by atoms with Gasteiger partial charge in [0.15, 0.2) is 0 Å². The predicted molar refractivity (Wildman–Crippen MR) is 123 cm³/mol. The monoisotopic (exact) mass is 438 g/mol. The fourth-order valence-electron chi connectivity index (χ4n) is 3.24. The number of quaternary nitrogens is 1. The lowest BCUT2D eigenvalue weighted by Crippen LogP contribution is -2.53. The first-order valence-corrected chi connectivity index (χ1v) is 13.6. The molecule has 2 unspecified atom stereocenters. The highest BCUT2D eigenvalue weighted by Gasteiger charge is 2.31. The molecule has 0 heterocycles. The van der Waals surface area contributed by atoms with Crippen LogP contribution in [0.15, 0.2) is 12.2 Å². The summed E-state index contributed by atoms with van der Waals surface area (Å²) in [5.41, 5.74) is 0. The van der Waals surface area contributed by atoms with Crippen molar-refractivity contribution in [2.45, 2.75) is 96.1 Å². The minimum Gasteiger partial charge on any atom is -0.383 e. The molecule has 0 saturated heterocycles. The van der Waals surface area contributed by atoms with Crippen LogP contribution in [0.3, 0.4) is 0 Å². The van der Waals surface area contributed by atoms with Crippen molar-refractivity contribution >= 4 is 18.5 Å². The highest BCUT2D eigenvalue weighted by Crippen LogP contribution is 2.37. The molecule has 2 atom stereocenters. The van der Waals surface area contributed by atoms with Gasteiger partial charge in [-0.05, 0) is 24.6 Å². The van der Waals surface area contributed by atoms with Crippen LogP contribution >= 0.6 is 6.72 Å². The maximum atomic E-state index is 10.5. The Morgan fingerprint density at radius 1 is 0.893 bits per heavy atom. The van der Waals surface area contributed by atoms with Gasteiger partial charge in [-0.15, -0.1) is 0 Å². The number of nitrogens with zero attached hydrogens (tertiary/aromatic N) is 1. The number of allylic oxidation sites excluding steroid dienone is 1. The number of unbranched alkanes of at least 4 members (excludes halogenated alkanes) is 11. The standard InChI is InChI=1S/C21H44NO4PS/c1-5-6-7-8-9-10-11-12-13-14-15-16-17-18-21(23)20(22(2,3)4)19-26-27(24,25)28/h17-18,20-21,23H,5-16,19H2,1-4H3,(H-,24,25,28)/p+1. The minimum absolute atomic E-state index is 0.0116. The molecule has 0 aromatic heterocycles. The van der Waals surface area contributed by atoms with Crippen LogP contribution < -0.4 is 0 Å². The Balaban J connectivity index is 3.89. The van der Waals surface area contributed by atoms with Crippen LogP contribution in [0.25, 0.3) is 0 Å². The van der Waals surface area contributed by atoms with Gasteiger partial charge in [-0.25, -0.2) is 0 Å². The third-order valence-electron chi connectivity index (χ3n) is 5.11. The summed E-state index contributed by atoms with van der Waals surface area (Å²) < 4.78 is 5.43. The summed E-state index contributed by atoms with van der Waals surface area (Å²) in [6, 6.07) is -0.310. The van der Waals surface area contributed by atoms with Crippen molar-refractivity contribution in [2.75, 3.05) is 27.7 Å². The molecule has 0 aliphatic heterocycles. The van der Waals surface area contributed by atoms with Gasteiger partial charge in [-0.2, -0.15) is 0 Å². The molecule has 0 spiro atoms. The van der Waals surface area contributed by atoms with Crippen molar-refractivity contribution in [3.63, 3.8) is 0 Å². The van der Waals surface area contributed by atoms with E-state index in [1.165, 1.54) is 64.2 Å². The zero-order chi connectivity index (χ0) is 21.5. The van der Waals surface area contributed by atoms with E-state index in [1.807, 2.05) is 27.2 Å². The Labute approximate surface area is 178 Å². The smallest absolute Gasteiger partial charge is 0.322 e. The number of hydrogen-bond acceptors (Lipinski definition) is 3. The van der Waals surface area contributed by atoms with Crippen molar-refractivity contribution in [1.82, 2.24) is 0 Å². The molecule has 0 aromatic rings. The lowest BCUT2D eigenvalue weighted by Gasteiger charge is -2.36. The Morgan fingerprint density at radius 3 is 1.79 bits per heavy atom. The van der Waals surface area contributed by atoms with Crippen LogP contribution in [0.5, 0.6) is 0 Å². The Kier molecular flexibility index (Phi) is 16.1. The number of likely N-dealkylation sites (N-methyl/N-ethyl adjacent to an activating group) is 1. The van der Waals surface area contributed by atoms with Gasteiger partial charge < -0.3 is 23.9 Å². The first kappa shape index (κ1) is 28.2. The molecular weight excluding hydrogens is 393 g/mol. The van der Waals surface area contributed by atoms with E-state index in [2.05, 4.69) is 18.7 Å². The van der Waals surface area contributed by atoms with Crippen LogP contribution in [-0.4, -0.2) is 59.3 Å². The van der Waals surface area contributed by atoms with Crippen molar-refractivity contribution < 1.29 is 23.9 Å². The quantitative estimate of drug-likeness (QED) is 0.123. The Hall–Kier alpha value is 0.190. The van der Waals surface area contributed by atoms with Gasteiger partial charge in [-0.3, -0.25) is 0 Å². The highest BCUT2D eigenvalue weighted by molar-refractivity contribution is 8.06. The average Bonchev–Trinajstić information content (AvgIpc) is 2.57. The third-order valence-corrected chi connectivity index (χ3v) is 5.91. The second-order valence-corrected chi connectivity index (χ2v) is 11.4. The SMILES string of the molecule is CCCCCCCCCCCCCC=CC(O)C(COP(O)(O)=S)[N+](C)(C)C. The molecule has 3 N–H and O–H groups in total. The second-order valence-electron chi connectivity index (χ2n) is 8.71. The fourth-order valence-corrected chi connectivity index (χ4v) is 3.77.